The van der Waals surface area contributed by atoms with Crippen LogP contribution in [-0.2, 0) is 0 Å². The van der Waals surface area contributed by atoms with Crippen LogP contribution < -0.4 is 10.1 Å². The van der Waals surface area contributed by atoms with Crippen molar-refractivity contribution in [2.24, 2.45) is 5.92 Å². The van der Waals surface area contributed by atoms with Gasteiger partial charge in [0.05, 0.1) is 7.11 Å². The van der Waals surface area contributed by atoms with Crippen LogP contribution in [0.3, 0.4) is 0 Å². The Bertz CT molecular complexity index is 408. The average Bonchev–Trinajstić information content (AvgIpc) is 2.46. The number of benzene rings is 1. The van der Waals surface area contributed by atoms with Gasteiger partial charge in [-0.05, 0) is 49.4 Å². The second kappa shape index (κ2) is 6.90. The van der Waals surface area contributed by atoms with E-state index in [0.717, 1.165) is 25.1 Å². The van der Waals surface area contributed by atoms with Crippen molar-refractivity contribution in [3.8, 4) is 5.75 Å². The molecule has 0 aliphatic heterocycles. The molecule has 0 aromatic heterocycles. The lowest BCUT2D eigenvalue weighted by Gasteiger charge is -2.32. The normalized spacial score (nSPS) is 23.3. The van der Waals surface area contributed by atoms with Crippen molar-refractivity contribution >= 4 is 0 Å². The highest BCUT2D eigenvalue weighted by atomic mass is 19.1. The Morgan fingerprint density at radius 1 is 1.32 bits per heavy atom. The van der Waals surface area contributed by atoms with Crippen molar-refractivity contribution in [2.75, 3.05) is 20.2 Å². The van der Waals surface area contributed by atoms with Crippen LogP contribution in [0.25, 0.3) is 0 Å². The molecule has 1 fully saturated rings. The van der Waals surface area contributed by atoms with Crippen LogP contribution in [0.1, 0.15) is 44.1 Å². The van der Waals surface area contributed by atoms with Crippen molar-refractivity contribution in [3.63, 3.8) is 0 Å². The summed E-state index contributed by atoms with van der Waals surface area (Å²) in [6.07, 6.45) is 4.73. The van der Waals surface area contributed by atoms with Crippen molar-refractivity contribution in [1.29, 1.82) is 0 Å². The summed E-state index contributed by atoms with van der Waals surface area (Å²) in [7, 11) is 1.53. The summed E-state index contributed by atoms with van der Waals surface area (Å²) in [6.45, 7) is 4.07. The van der Waals surface area contributed by atoms with Crippen molar-refractivity contribution in [1.82, 2.24) is 5.32 Å². The molecule has 0 spiro atoms. The first-order valence-electron chi connectivity index (χ1n) is 7.31. The second-order valence-electron chi connectivity index (χ2n) is 5.32. The Labute approximate surface area is 115 Å². The maximum atomic E-state index is 14.4. The number of ether oxygens (including phenoxy) is 1. The molecule has 0 amide bonds. The molecular weight excluding hydrogens is 241 g/mol. The van der Waals surface area contributed by atoms with E-state index in [1.807, 2.05) is 12.1 Å². The Hall–Kier alpha value is -1.09. The SMILES string of the molecule is CCNCC1CCCCC1c1cccc(OC)c1F. The molecule has 1 aromatic rings. The van der Waals surface area contributed by atoms with Gasteiger partial charge in [0.2, 0.25) is 0 Å². The van der Waals surface area contributed by atoms with Gasteiger partial charge in [0.25, 0.3) is 0 Å². The summed E-state index contributed by atoms with van der Waals surface area (Å²) in [5, 5.41) is 3.41. The molecule has 1 aliphatic carbocycles. The summed E-state index contributed by atoms with van der Waals surface area (Å²) in [6, 6.07) is 5.52. The first-order chi connectivity index (χ1) is 9.27. The van der Waals surface area contributed by atoms with Crippen LogP contribution in [0.15, 0.2) is 18.2 Å². The molecule has 1 aliphatic rings. The summed E-state index contributed by atoms with van der Waals surface area (Å²) < 4.78 is 19.5. The van der Waals surface area contributed by atoms with Gasteiger partial charge >= 0.3 is 0 Å². The first kappa shape index (κ1) is 14.3. The van der Waals surface area contributed by atoms with Gasteiger partial charge in [-0.2, -0.15) is 0 Å². The van der Waals surface area contributed by atoms with Gasteiger partial charge in [0.15, 0.2) is 11.6 Å². The molecule has 2 unspecified atom stereocenters. The molecule has 3 heteroatoms. The zero-order valence-electron chi connectivity index (χ0n) is 11.9. The number of nitrogens with one attached hydrogen (secondary N) is 1. The summed E-state index contributed by atoms with van der Waals surface area (Å²) in [5.74, 6) is 1.06. The number of hydrogen-bond donors (Lipinski definition) is 1. The average molecular weight is 265 g/mol. The number of methoxy groups -OCH3 is 1. The fraction of sp³-hybridized carbons (Fsp3) is 0.625. The minimum atomic E-state index is -0.168. The van der Waals surface area contributed by atoms with Gasteiger partial charge in [-0.3, -0.25) is 0 Å². The number of hydrogen-bond acceptors (Lipinski definition) is 2. The van der Waals surface area contributed by atoms with Crippen LogP contribution >= 0.6 is 0 Å². The van der Waals surface area contributed by atoms with Crippen LogP contribution in [-0.4, -0.2) is 20.2 Å². The van der Waals surface area contributed by atoms with Crippen LogP contribution in [0, 0.1) is 11.7 Å². The fourth-order valence-corrected chi connectivity index (χ4v) is 3.16. The Kier molecular flexibility index (Phi) is 5.20. The summed E-state index contributed by atoms with van der Waals surface area (Å²) in [4.78, 5) is 0. The van der Waals surface area contributed by atoms with Crippen molar-refractivity contribution in [2.45, 2.75) is 38.5 Å². The fourth-order valence-electron chi connectivity index (χ4n) is 3.16. The van der Waals surface area contributed by atoms with E-state index in [4.69, 9.17) is 4.74 Å². The topological polar surface area (TPSA) is 21.3 Å². The van der Waals surface area contributed by atoms with Gasteiger partial charge in [-0.25, -0.2) is 4.39 Å². The molecule has 2 rings (SSSR count). The maximum absolute atomic E-state index is 14.4. The lowest BCUT2D eigenvalue weighted by molar-refractivity contribution is 0.288. The number of rotatable bonds is 5. The van der Waals surface area contributed by atoms with Crippen LogP contribution in [0.5, 0.6) is 5.75 Å². The van der Waals surface area contributed by atoms with E-state index in [1.54, 1.807) is 6.07 Å². The lowest BCUT2D eigenvalue weighted by atomic mass is 9.75. The van der Waals surface area contributed by atoms with Gasteiger partial charge in [-0.15, -0.1) is 0 Å². The zero-order valence-corrected chi connectivity index (χ0v) is 11.9. The van der Waals surface area contributed by atoms with E-state index in [2.05, 4.69) is 12.2 Å². The summed E-state index contributed by atoms with van der Waals surface area (Å²) >= 11 is 0. The highest BCUT2D eigenvalue weighted by Crippen LogP contribution is 2.40. The quantitative estimate of drug-likeness (QED) is 0.876. The molecule has 0 radical (unpaired) electrons. The molecule has 106 valence electrons. The van der Waals surface area contributed by atoms with E-state index in [0.29, 0.717) is 17.6 Å². The third-order valence-corrected chi connectivity index (χ3v) is 4.18. The predicted molar refractivity (Wildman–Crippen MR) is 76.2 cm³/mol. The first-order valence-corrected chi connectivity index (χ1v) is 7.31. The second-order valence-corrected chi connectivity index (χ2v) is 5.32. The van der Waals surface area contributed by atoms with E-state index in [-0.39, 0.29) is 5.82 Å². The molecule has 2 atom stereocenters. The third kappa shape index (κ3) is 3.27. The van der Waals surface area contributed by atoms with Crippen LogP contribution in [0.4, 0.5) is 4.39 Å². The maximum Gasteiger partial charge on any atom is 0.168 e. The molecule has 2 nitrogen and oxygen atoms in total. The predicted octanol–water partition coefficient (Wildman–Crippen LogP) is 3.72. The molecule has 19 heavy (non-hydrogen) atoms. The third-order valence-electron chi connectivity index (χ3n) is 4.18. The zero-order chi connectivity index (χ0) is 13.7. The number of halogens is 1. The van der Waals surface area contributed by atoms with Gasteiger partial charge in [-0.1, -0.05) is 31.9 Å². The Balaban J connectivity index is 2.21. The molecule has 0 bridgehead atoms. The monoisotopic (exact) mass is 265 g/mol. The Morgan fingerprint density at radius 3 is 2.84 bits per heavy atom. The van der Waals surface area contributed by atoms with Crippen LogP contribution in [0.2, 0.25) is 0 Å². The van der Waals surface area contributed by atoms with Crippen molar-refractivity contribution in [3.05, 3.63) is 29.6 Å². The molecule has 1 aromatic carbocycles. The minimum absolute atomic E-state index is 0.168. The molecule has 0 saturated heterocycles. The molecule has 1 N–H and O–H groups in total. The van der Waals surface area contributed by atoms with Gasteiger partial charge < -0.3 is 10.1 Å². The Morgan fingerprint density at radius 2 is 2.11 bits per heavy atom. The van der Waals surface area contributed by atoms with E-state index in [9.17, 15) is 4.39 Å². The lowest BCUT2D eigenvalue weighted by Crippen LogP contribution is -2.29. The highest BCUT2D eigenvalue weighted by Gasteiger charge is 2.28. The molecule has 0 heterocycles. The van der Waals surface area contributed by atoms with E-state index in [1.165, 1.54) is 26.4 Å². The largest absolute Gasteiger partial charge is 0.494 e. The van der Waals surface area contributed by atoms with Gasteiger partial charge in [0.1, 0.15) is 0 Å². The highest BCUT2D eigenvalue weighted by molar-refractivity contribution is 5.34. The minimum Gasteiger partial charge on any atom is -0.494 e. The van der Waals surface area contributed by atoms with Crippen molar-refractivity contribution < 1.29 is 9.13 Å². The van der Waals surface area contributed by atoms with Gasteiger partial charge in [0, 0.05) is 0 Å². The molecule has 1 saturated carbocycles. The van der Waals surface area contributed by atoms with E-state index < -0.39 is 0 Å². The summed E-state index contributed by atoms with van der Waals surface area (Å²) in [5.41, 5.74) is 0.835. The smallest absolute Gasteiger partial charge is 0.168 e. The van der Waals surface area contributed by atoms with E-state index >= 15 is 0 Å². The molecular formula is C16H24FNO. The standard InChI is InChI=1S/C16H24FNO/c1-3-18-11-12-7-4-5-8-13(12)14-9-6-10-15(19-2)16(14)17/h6,9-10,12-13,18H,3-5,7-8,11H2,1-2H3.